The number of nitrogens with zero attached hydrogens (tertiary/aromatic N) is 3. The van der Waals surface area contributed by atoms with E-state index < -0.39 is 11.5 Å². The van der Waals surface area contributed by atoms with Crippen molar-refractivity contribution in [3.05, 3.63) is 40.3 Å². The molecule has 34 heavy (non-hydrogen) atoms. The van der Waals surface area contributed by atoms with Crippen molar-refractivity contribution in [1.29, 1.82) is 0 Å². The summed E-state index contributed by atoms with van der Waals surface area (Å²) in [5.41, 5.74) is 12.0. The Labute approximate surface area is 195 Å². The Bertz CT molecular complexity index is 1230. The van der Waals surface area contributed by atoms with E-state index in [1.807, 2.05) is 0 Å². The largest absolute Gasteiger partial charge is 0.480 e. The van der Waals surface area contributed by atoms with Gasteiger partial charge in [-0.05, 0) is 37.5 Å². The number of amides is 1. The van der Waals surface area contributed by atoms with Crippen molar-refractivity contribution in [3.8, 4) is 0 Å². The van der Waals surface area contributed by atoms with Gasteiger partial charge in [0.1, 0.15) is 11.1 Å². The van der Waals surface area contributed by atoms with Gasteiger partial charge >= 0.3 is 11.7 Å². The highest BCUT2D eigenvalue weighted by atomic mass is 16.4. The highest BCUT2D eigenvalue weighted by Crippen LogP contribution is 2.18. The van der Waals surface area contributed by atoms with E-state index in [1.54, 1.807) is 24.3 Å². The lowest BCUT2D eigenvalue weighted by Gasteiger charge is -2.18. The minimum absolute atomic E-state index is 0.00993. The lowest BCUT2D eigenvalue weighted by atomic mass is 9.97. The van der Waals surface area contributed by atoms with Gasteiger partial charge in [0.15, 0.2) is 11.5 Å². The summed E-state index contributed by atoms with van der Waals surface area (Å²) in [7, 11) is 0. The van der Waals surface area contributed by atoms with Crippen LogP contribution in [0, 0.1) is 0 Å². The van der Waals surface area contributed by atoms with Crippen LogP contribution in [0.1, 0.15) is 45.1 Å². The Morgan fingerprint density at radius 2 is 1.94 bits per heavy atom. The molecule has 0 aliphatic rings. The number of carboxylic acid groups (broad SMARTS) is 1. The lowest BCUT2D eigenvalue weighted by molar-refractivity contribution is -0.143. The van der Waals surface area contributed by atoms with Gasteiger partial charge in [0.2, 0.25) is 11.9 Å². The summed E-state index contributed by atoms with van der Waals surface area (Å²) in [6.45, 7) is 4.38. The van der Waals surface area contributed by atoms with Crippen molar-refractivity contribution < 1.29 is 14.7 Å². The number of anilines is 3. The SMILES string of the molecule is CCCCNc1nc(N)c2[nH]c(=O)n(Cc3ccc(NC(=O)CC[C@](C)(N)C(=O)O)cc3)c2n1. The maximum absolute atomic E-state index is 12.5. The van der Waals surface area contributed by atoms with Crippen LogP contribution in [0.4, 0.5) is 17.5 Å². The van der Waals surface area contributed by atoms with Crippen LogP contribution in [0.2, 0.25) is 0 Å². The van der Waals surface area contributed by atoms with Gasteiger partial charge in [-0.25, -0.2) is 4.79 Å². The molecule has 2 aromatic heterocycles. The third-order valence-corrected chi connectivity index (χ3v) is 5.40. The monoisotopic (exact) mass is 470 g/mol. The Kier molecular flexibility index (Phi) is 7.51. The van der Waals surface area contributed by atoms with Crippen molar-refractivity contribution in [3.63, 3.8) is 0 Å². The molecule has 12 heteroatoms. The highest BCUT2D eigenvalue weighted by Gasteiger charge is 2.28. The van der Waals surface area contributed by atoms with Crippen LogP contribution in [0.3, 0.4) is 0 Å². The number of carbonyl (C=O) groups is 2. The molecule has 0 spiro atoms. The fourth-order valence-corrected chi connectivity index (χ4v) is 3.23. The molecule has 3 rings (SSSR count). The second kappa shape index (κ2) is 10.3. The zero-order chi connectivity index (χ0) is 24.9. The van der Waals surface area contributed by atoms with Gasteiger partial charge in [-0.1, -0.05) is 25.5 Å². The second-order valence-electron chi connectivity index (χ2n) is 8.40. The van der Waals surface area contributed by atoms with Gasteiger partial charge in [-0.15, -0.1) is 0 Å². The number of aliphatic carboxylic acids is 1. The molecule has 0 radical (unpaired) electrons. The first-order valence-corrected chi connectivity index (χ1v) is 11.0. The van der Waals surface area contributed by atoms with Crippen molar-refractivity contribution in [2.45, 2.75) is 51.6 Å². The molecule has 8 N–H and O–H groups in total. The Morgan fingerprint density at radius 1 is 1.24 bits per heavy atom. The van der Waals surface area contributed by atoms with Crippen LogP contribution < -0.4 is 27.8 Å². The minimum Gasteiger partial charge on any atom is -0.480 e. The molecule has 1 amide bonds. The van der Waals surface area contributed by atoms with E-state index in [4.69, 9.17) is 16.6 Å². The summed E-state index contributed by atoms with van der Waals surface area (Å²) in [4.78, 5) is 47.1. The standard InChI is InChI=1S/C22H30N8O4/c1-3-4-11-25-20-28-17(23)16-18(29-20)30(21(34)27-16)12-13-5-7-14(8-6-13)26-15(31)9-10-22(2,24)19(32)33/h5-8H,3-4,9-12,24H2,1-2H3,(H,26,31)(H,27,34)(H,32,33)(H3,23,25,28,29)/t22-/m0/s1. The van der Waals surface area contributed by atoms with Crippen molar-refractivity contribution >= 4 is 40.5 Å². The van der Waals surface area contributed by atoms with E-state index in [0.717, 1.165) is 18.4 Å². The Hall–Kier alpha value is -3.93. The number of hydrogen-bond donors (Lipinski definition) is 6. The number of unbranched alkanes of at least 4 members (excludes halogenated alkanes) is 1. The minimum atomic E-state index is -1.47. The smallest absolute Gasteiger partial charge is 0.328 e. The first-order valence-electron chi connectivity index (χ1n) is 11.0. The van der Waals surface area contributed by atoms with Crippen LogP contribution in [0.5, 0.6) is 0 Å². The number of imidazole rings is 1. The molecule has 12 nitrogen and oxygen atoms in total. The third kappa shape index (κ3) is 5.90. The number of carbonyl (C=O) groups excluding carboxylic acids is 1. The zero-order valence-corrected chi connectivity index (χ0v) is 19.2. The summed E-state index contributed by atoms with van der Waals surface area (Å²) in [5, 5.41) is 14.9. The van der Waals surface area contributed by atoms with Crippen LogP contribution >= 0.6 is 0 Å². The van der Waals surface area contributed by atoms with Crippen LogP contribution in [0.25, 0.3) is 11.2 Å². The van der Waals surface area contributed by atoms with Crippen LogP contribution in [-0.4, -0.2) is 48.6 Å². The first-order chi connectivity index (χ1) is 16.1. The highest BCUT2D eigenvalue weighted by molar-refractivity contribution is 5.91. The van der Waals surface area contributed by atoms with E-state index in [0.29, 0.717) is 29.3 Å². The topological polar surface area (TPSA) is 194 Å². The molecule has 182 valence electrons. The van der Waals surface area contributed by atoms with Gasteiger partial charge in [0, 0.05) is 18.7 Å². The molecule has 3 aromatic rings. The summed E-state index contributed by atoms with van der Waals surface area (Å²) in [5.74, 6) is -0.947. The average molecular weight is 471 g/mol. The predicted octanol–water partition coefficient (Wildman–Crippen LogP) is 1.48. The number of benzene rings is 1. The number of rotatable bonds is 11. The van der Waals surface area contributed by atoms with E-state index in [1.165, 1.54) is 11.5 Å². The number of nitrogens with two attached hydrogens (primary N) is 2. The number of nitrogen functional groups attached to an aromatic ring is 1. The third-order valence-electron chi connectivity index (χ3n) is 5.40. The van der Waals surface area contributed by atoms with Crippen LogP contribution in [-0.2, 0) is 16.1 Å². The molecule has 0 unspecified atom stereocenters. The Balaban J connectivity index is 1.70. The molecule has 0 aliphatic heterocycles. The molecule has 0 fully saturated rings. The normalized spacial score (nSPS) is 12.9. The molecular weight excluding hydrogens is 440 g/mol. The summed E-state index contributed by atoms with van der Waals surface area (Å²) >= 11 is 0. The van der Waals surface area contributed by atoms with E-state index >= 15 is 0 Å². The quantitative estimate of drug-likeness (QED) is 0.225. The first kappa shape index (κ1) is 24.7. The molecule has 1 aromatic carbocycles. The zero-order valence-electron chi connectivity index (χ0n) is 19.2. The summed E-state index contributed by atoms with van der Waals surface area (Å²) in [6.07, 6.45) is 1.96. The summed E-state index contributed by atoms with van der Waals surface area (Å²) < 4.78 is 1.47. The number of carboxylic acids is 1. The molecule has 1 atom stereocenters. The second-order valence-corrected chi connectivity index (χ2v) is 8.40. The maximum Gasteiger partial charge on any atom is 0.328 e. The fraction of sp³-hybridized carbons (Fsp3) is 0.409. The van der Waals surface area contributed by atoms with Crippen molar-refractivity contribution in [2.75, 3.05) is 22.9 Å². The average Bonchev–Trinajstić information content (AvgIpc) is 3.10. The molecule has 2 heterocycles. The van der Waals surface area contributed by atoms with E-state index in [2.05, 4.69) is 32.5 Å². The van der Waals surface area contributed by atoms with Gasteiger partial charge in [0.05, 0.1) is 6.54 Å². The molecule has 0 saturated carbocycles. The molecule has 0 bridgehead atoms. The fourth-order valence-electron chi connectivity index (χ4n) is 3.23. The van der Waals surface area contributed by atoms with Gasteiger partial charge in [-0.3, -0.25) is 14.2 Å². The Morgan fingerprint density at radius 3 is 2.59 bits per heavy atom. The van der Waals surface area contributed by atoms with Gasteiger partial charge in [-0.2, -0.15) is 9.97 Å². The summed E-state index contributed by atoms with van der Waals surface area (Å²) in [6, 6.07) is 6.95. The number of H-pyrrole nitrogens is 1. The van der Waals surface area contributed by atoms with E-state index in [-0.39, 0.29) is 36.8 Å². The van der Waals surface area contributed by atoms with Crippen molar-refractivity contribution in [1.82, 2.24) is 19.5 Å². The number of aromatic amines is 1. The van der Waals surface area contributed by atoms with Crippen LogP contribution in [0.15, 0.2) is 29.1 Å². The lowest BCUT2D eigenvalue weighted by Crippen LogP contribution is -2.45. The van der Waals surface area contributed by atoms with Gasteiger partial charge in [0.25, 0.3) is 0 Å². The number of aromatic nitrogens is 4. The number of fused-ring (bicyclic) bond motifs is 1. The number of hydrogen-bond acceptors (Lipinski definition) is 8. The molecule has 0 saturated heterocycles. The number of nitrogens with one attached hydrogen (secondary N) is 3. The van der Waals surface area contributed by atoms with Crippen molar-refractivity contribution in [2.24, 2.45) is 5.73 Å². The molecular formula is C22H30N8O4. The van der Waals surface area contributed by atoms with Gasteiger partial charge < -0.3 is 32.2 Å². The van der Waals surface area contributed by atoms with E-state index in [9.17, 15) is 14.4 Å². The molecule has 0 aliphatic carbocycles. The predicted molar refractivity (Wildman–Crippen MR) is 130 cm³/mol. The maximum atomic E-state index is 12.5.